The predicted molar refractivity (Wildman–Crippen MR) is 30.8 cm³/mol. The van der Waals surface area contributed by atoms with Crippen LogP contribution >= 0.6 is 0 Å². The van der Waals surface area contributed by atoms with E-state index in [9.17, 15) is 4.79 Å². The van der Waals surface area contributed by atoms with Gasteiger partial charge in [-0.25, -0.2) is 0 Å². The Hall–Kier alpha value is -0.570. The normalized spacial score (nSPS) is 30.0. The molecule has 1 saturated heterocycles. The lowest BCUT2D eigenvalue weighted by Gasteiger charge is -2.10. The summed E-state index contributed by atoms with van der Waals surface area (Å²) in [5, 5.41) is 8.89. The number of aliphatic hydroxyl groups excluding tert-OH is 1. The second-order valence-corrected chi connectivity index (χ2v) is 2.31. The molecule has 1 aliphatic rings. The summed E-state index contributed by atoms with van der Waals surface area (Å²) in [7, 11) is 0. The number of aliphatic hydroxyl groups is 1. The number of hydrogen-bond donors (Lipinski definition) is 1. The summed E-state index contributed by atoms with van der Waals surface area (Å²) in [6, 6.07) is 0. The van der Waals surface area contributed by atoms with Crippen LogP contribution in [-0.2, 0) is 9.53 Å². The van der Waals surface area contributed by atoms with E-state index < -0.39 is 6.10 Å². The van der Waals surface area contributed by atoms with Crippen molar-refractivity contribution in [2.45, 2.75) is 32.0 Å². The average Bonchev–Trinajstić information content (AvgIpc) is 2.14. The second-order valence-electron chi connectivity index (χ2n) is 2.31. The van der Waals surface area contributed by atoms with Gasteiger partial charge in [0.15, 0.2) is 0 Å². The van der Waals surface area contributed by atoms with Gasteiger partial charge in [-0.05, 0) is 13.3 Å². The fourth-order valence-electron chi connectivity index (χ4n) is 0.886. The Labute approximate surface area is 53.6 Å². The highest BCUT2D eigenvalue weighted by molar-refractivity contribution is 5.71. The van der Waals surface area contributed by atoms with E-state index in [0.717, 1.165) is 0 Å². The van der Waals surface area contributed by atoms with Gasteiger partial charge in [0.25, 0.3) is 0 Å². The molecule has 52 valence electrons. The van der Waals surface area contributed by atoms with E-state index in [-0.39, 0.29) is 12.1 Å². The van der Waals surface area contributed by atoms with Crippen molar-refractivity contribution in [3.8, 4) is 0 Å². The van der Waals surface area contributed by atoms with E-state index >= 15 is 0 Å². The first-order valence-corrected chi connectivity index (χ1v) is 3.07. The lowest BCUT2D eigenvalue weighted by molar-refractivity contribution is -0.144. The molecule has 1 rings (SSSR count). The molecule has 1 heterocycles. The lowest BCUT2D eigenvalue weighted by atomic mass is 10.2. The Morgan fingerprint density at radius 2 is 2.56 bits per heavy atom. The first-order valence-electron chi connectivity index (χ1n) is 3.07. The smallest absolute Gasteiger partial charge is 0.306 e. The maximum absolute atomic E-state index is 10.4. The van der Waals surface area contributed by atoms with E-state index in [1.165, 1.54) is 0 Å². The third kappa shape index (κ3) is 1.42. The van der Waals surface area contributed by atoms with Gasteiger partial charge >= 0.3 is 5.97 Å². The first kappa shape index (κ1) is 6.55. The first-order chi connectivity index (χ1) is 4.20. The van der Waals surface area contributed by atoms with Gasteiger partial charge < -0.3 is 9.84 Å². The molecule has 0 radical (unpaired) electrons. The molecule has 0 aromatic carbocycles. The third-order valence-corrected chi connectivity index (χ3v) is 1.45. The summed E-state index contributed by atoms with van der Waals surface area (Å²) in [5.41, 5.74) is 0. The van der Waals surface area contributed by atoms with Gasteiger partial charge in [-0.1, -0.05) is 0 Å². The third-order valence-electron chi connectivity index (χ3n) is 1.45. The molecule has 0 bridgehead atoms. The molecular weight excluding hydrogens is 120 g/mol. The van der Waals surface area contributed by atoms with Crippen LogP contribution in [0.15, 0.2) is 0 Å². The van der Waals surface area contributed by atoms with Crippen LogP contribution < -0.4 is 0 Å². The van der Waals surface area contributed by atoms with Crippen LogP contribution in [0.25, 0.3) is 0 Å². The quantitative estimate of drug-likeness (QED) is 0.511. The van der Waals surface area contributed by atoms with Crippen molar-refractivity contribution in [3.63, 3.8) is 0 Å². The van der Waals surface area contributed by atoms with Crippen LogP contribution in [0, 0.1) is 0 Å². The lowest BCUT2D eigenvalue weighted by Crippen LogP contribution is -2.21. The minimum Gasteiger partial charge on any atom is -0.460 e. The highest BCUT2D eigenvalue weighted by atomic mass is 16.6. The Balaban J connectivity index is 2.39. The molecule has 0 aliphatic carbocycles. The maximum Gasteiger partial charge on any atom is 0.306 e. The van der Waals surface area contributed by atoms with Crippen molar-refractivity contribution in [2.24, 2.45) is 0 Å². The van der Waals surface area contributed by atoms with Crippen molar-refractivity contribution >= 4 is 5.97 Å². The molecule has 0 amide bonds. The zero-order valence-electron chi connectivity index (χ0n) is 5.33. The molecule has 0 saturated carbocycles. The number of carbonyl (C=O) groups is 1. The summed E-state index contributed by atoms with van der Waals surface area (Å²) in [6.45, 7) is 1.63. The number of hydrogen-bond acceptors (Lipinski definition) is 3. The van der Waals surface area contributed by atoms with Gasteiger partial charge in [-0.2, -0.15) is 0 Å². The number of ether oxygens (including phenoxy) is 1. The van der Waals surface area contributed by atoms with Crippen molar-refractivity contribution in [1.29, 1.82) is 0 Å². The predicted octanol–water partition coefficient (Wildman–Crippen LogP) is 0.0728. The highest BCUT2D eigenvalue weighted by Crippen LogP contribution is 2.16. The molecule has 3 nitrogen and oxygen atoms in total. The number of rotatable bonds is 1. The summed E-state index contributed by atoms with van der Waals surface area (Å²) in [5.74, 6) is -0.194. The molecule has 1 N–H and O–H groups in total. The van der Waals surface area contributed by atoms with E-state index in [4.69, 9.17) is 9.84 Å². The van der Waals surface area contributed by atoms with Crippen LogP contribution in [0.2, 0.25) is 0 Å². The number of esters is 1. The fraction of sp³-hybridized carbons (Fsp3) is 0.833. The summed E-state index contributed by atoms with van der Waals surface area (Å²) < 4.78 is 4.73. The Kier molecular flexibility index (Phi) is 1.71. The Morgan fingerprint density at radius 1 is 1.89 bits per heavy atom. The summed E-state index contributed by atoms with van der Waals surface area (Å²) >= 11 is 0. The van der Waals surface area contributed by atoms with Gasteiger partial charge in [0.05, 0.1) is 6.10 Å². The van der Waals surface area contributed by atoms with E-state index in [1.807, 2.05) is 0 Å². The van der Waals surface area contributed by atoms with Gasteiger partial charge in [0.2, 0.25) is 0 Å². The molecule has 0 spiro atoms. The topological polar surface area (TPSA) is 46.5 Å². The number of cyclic esters (lactones) is 1. The summed E-state index contributed by atoms with van der Waals surface area (Å²) in [4.78, 5) is 10.4. The molecule has 1 fully saturated rings. The molecule has 0 aromatic heterocycles. The molecule has 1 aliphatic heterocycles. The Bertz CT molecular complexity index is 119. The van der Waals surface area contributed by atoms with Crippen molar-refractivity contribution in [3.05, 3.63) is 0 Å². The largest absolute Gasteiger partial charge is 0.460 e. The highest BCUT2D eigenvalue weighted by Gasteiger charge is 2.26. The minimum absolute atomic E-state index is 0.194. The van der Waals surface area contributed by atoms with Crippen molar-refractivity contribution in [1.82, 2.24) is 0 Å². The monoisotopic (exact) mass is 130 g/mol. The zero-order valence-corrected chi connectivity index (χ0v) is 5.33. The fourth-order valence-corrected chi connectivity index (χ4v) is 0.886. The minimum atomic E-state index is -0.517. The van der Waals surface area contributed by atoms with E-state index in [0.29, 0.717) is 12.8 Å². The van der Waals surface area contributed by atoms with E-state index in [2.05, 4.69) is 0 Å². The van der Waals surface area contributed by atoms with Gasteiger partial charge in [-0.15, -0.1) is 0 Å². The maximum atomic E-state index is 10.4. The molecule has 1 unspecified atom stereocenters. The standard InChI is InChI=1S/C6H10O3/c1-4(7)5-2-3-6(8)9-5/h4-5,7H,2-3H2,1H3/t4-,5?/m0/s1. The van der Waals surface area contributed by atoms with Crippen LogP contribution in [-0.4, -0.2) is 23.3 Å². The van der Waals surface area contributed by atoms with E-state index in [1.54, 1.807) is 6.92 Å². The molecular formula is C6H10O3. The van der Waals surface area contributed by atoms with Gasteiger partial charge in [0.1, 0.15) is 6.10 Å². The second kappa shape index (κ2) is 2.35. The van der Waals surface area contributed by atoms with Crippen molar-refractivity contribution in [2.75, 3.05) is 0 Å². The molecule has 0 aromatic rings. The van der Waals surface area contributed by atoms with Gasteiger partial charge in [-0.3, -0.25) is 4.79 Å². The zero-order chi connectivity index (χ0) is 6.85. The van der Waals surface area contributed by atoms with Crippen molar-refractivity contribution < 1.29 is 14.6 Å². The SMILES string of the molecule is C[C@H](O)C1CCC(=O)O1. The van der Waals surface area contributed by atoms with Gasteiger partial charge in [0, 0.05) is 6.42 Å². The van der Waals surface area contributed by atoms with Crippen LogP contribution in [0.4, 0.5) is 0 Å². The van der Waals surface area contributed by atoms with Crippen LogP contribution in [0.1, 0.15) is 19.8 Å². The average molecular weight is 130 g/mol. The van der Waals surface area contributed by atoms with Crippen LogP contribution in [0.5, 0.6) is 0 Å². The molecule has 3 heteroatoms. The van der Waals surface area contributed by atoms with Crippen LogP contribution in [0.3, 0.4) is 0 Å². The number of carbonyl (C=O) groups excluding carboxylic acids is 1. The molecule has 2 atom stereocenters. The summed E-state index contributed by atoms with van der Waals surface area (Å²) in [6.07, 6.45) is 0.348. The molecule has 9 heavy (non-hydrogen) atoms. The Morgan fingerprint density at radius 3 is 2.78 bits per heavy atom.